The summed E-state index contributed by atoms with van der Waals surface area (Å²) in [7, 11) is -3.89. The third-order valence-electron chi connectivity index (χ3n) is 4.68. The highest BCUT2D eigenvalue weighted by Gasteiger charge is 2.37. The van der Waals surface area contributed by atoms with Crippen molar-refractivity contribution >= 4 is 50.8 Å². The van der Waals surface area contributed by atoms with Gasteiger partial charge in [0.15, 0.2) is 0 Å². The summed E-state index contributed by atoms with van der Waals surface area (Å²) in [5, 5.41) is 8.34. The van der Waals surface area contributed by atoms with Crippen LogP contribution in [0, 0.1) is 0 Å². The molecule has 1 aliphatic heterocycles. The summed E-state index contributed by atoms with van der Waals surface area (Å²) >= 11 is 5.84. The van der Waals surface area contributed by atoms with Gasteiger partial charge in [-0.2, -0.15) is 10.1 Å². The lowest BCUT2D eigenvalue weighted by molar-refractivity contribution is -0.126. The van der Waals surface area contributed by atoms with Crippen molar-refractivity contribution in [2.45, 2.75) is 17.9 Å². The highest BCUT2D eigenvalue weighted by molar-refractivity contribution is 7.92. The molecule has 2 aromatic carbocycles. The number of carbonyl (C=O) groups is 2. The van der Waals surface area contributed by atoms with Crippen molar-refractivity contribution in [2.75, 3.05) is 10.0 Å². The fraction of sp³-hybridized carbons (Fsp3) is 0.0952. The molecule has 0 aliphatic carbocycles. The minimum absolute atomic E-state index is 0.0109. The molecule has 0 spiro atoms. The van der Waals surface area contributed by atoms with E-state index in [1.807, 2.05) is 0 Å². The number of rotatable bonds is 6. The summed E-state index contributed by atoms with van der Waals surface area (Å²) in [4.78, 5) is 33.1. The monoisotopic (exact) mass is 484 g/mol. The van der Waals surface area contributed by atoms with E-state index < -0.39 is 27.9 Å². The number of imide groups is 1. The molecule has 10 nitrogen and oxygen atoms in total. The maximum Gasteiger partial charge on any atom is 0.281 e. The fourth-order valence-corrected chi connectivity index (χ4v) is 4.10. The molecular weight excluding hydrogens is 468 g/mol. The molecule has 1 aliphatic rings. The summed E-state index contributed by atoms with van der Waals surface area (Å²) < 4.78 is 27.3. The molecule has 33 heavy (non-hydrogen) atoms. The standard InChI is InChI=1S/C21H17ClN6O4S/c1-13-18(20(30)28(26-13)19(29)14-3-5-15(22)6-4-14)25-16-7-9-17(10-8-16)33(31,32)27-21-23-11-2-12-24-21/h2-12,18,25H,1H3,(H,23,24,27). The van der Waals surface area contributed by atoms with E-state index in [1.165, 1.54) is 48.8 Å². The minimum Gasteiger partial charge on any atom is -0.369 e. The van der Waals surface area contributed by atoms with Crippen LogP contribution in [-0.2, 0) is 14.8 Å². The first-order valence-corrected chi connectivity index (χ1v) is 11.5. The van der Waals surface area contributed by atoms with E-state index in [-0.39, 0.29) is 16.4 Å². The lowest BCUT2D eigenvalue weighted by Gasteiger charge is -2.15. The van der Waals surface area contributed by atoms with E-state index >= 15 is 0 Å². The molecule has 1 unspecified atom stereocenters. The number of aromatic nitrogens is 2. The molecule has 4 rings (SSSR count). The molecule has 168 valence electrons. The predicted octanol–water partition coefficient (Wildman–Crippen LogP) is 2.77. The number of benzene rings is 2. The average Bonchev–Trinajstić information content (AvgIpc) is 3.08. The van der Waals surface area contributed by atoms with Crippen LogP contribution in [0.15, 0.2) is 77.0 Å². The Morgan fingerprint density at radius 3 is 2.30 bits per heavy atom. The van der Waals surface area contributed by atoms with Gasteiger partial charge in [-0.25, -0.2) is 23.1 Å². The highest BCUT2D eigenvalue weighted by atomic mass is 35.5. The second-order valence-corrected chi connectivity index (χ2v) is 9.10. The van der Waals surface area contributed by atoms with E-state index in [9.17, 15) is 18.0 Å². The van der Waals surface area contributed by atoms with E-state index in [2.05, 4.69) is 25.1 Å². The number of anilines is 2. The van der Waals surface area contributed by atoms with Crippen molar-refractivity contribution in [2.24, 2.45) is 5.10 Å². The van der Waals surface area contributed by atoms with Gasteiger partial charge in [-0.05, 0) is 61.5 Å². The number of nitrogens with one attached hydrogen (secondary N) is 2. The second kappa shape index (κ2) is 8.96. The van der Waals surface area contributed by atoms with Crippen LogP contribution >= 0.6 is 11.6 Å². The van der Waals surface area contributed by atoms with Gasteiger partial charge in [0, 0.05) is 28.7 Å². The maximum absolute atomic E-state index is 12.8. The average molecular weight is 485 g/mol. The first-order chi connectivity index (χ1) is 15.7. The van der Waals surface area contributed by atoms with Crippen LogP contribution in [-0.4, -0.2) is 47.0 Å². The first kappa shape index (κ1) is 22.4. The molecule has 0 radical (unpaired) electrons. The van der Waals surface area contributed by atoms with Crippen LogP contribution in [0.5, 0.6) is 0 Å². The van der Waals surface area contributed by atoms with Crippen molar-refractivity contribution in [3.05, 3.63) is 77.6 Å². The van der Waals surface area contributed by atoms with Gasteiger partial charge >= 0.3 is 0 Å². The molecule has 0 saturated heterocycles. The Morgan fingerprint density at radius 2 is 1.67 bits per heavy atom. The number of carbonyl (C=O) groups excluding carboxylic acids is 2. The Bertz CT molecular complexity index is 1330. The lowest BCUT2D eigenvalue weighted by atomic mass is 10.1. The lowest BCUT2D eigenvalue weighted by Crippen LogP contribution is -2.39. The van der Waals surface area contributed by atoms with Crippen molar-refractivity contribution in [1.82, 2.24) is 15.0 Å². The molecular formula is C21H17ClN6O4S. The molecule has 2 heterocycles. The van der Waals surface area contributed by atoms with Gasteiger partial charge in [0.2, 0.25) is 5.95 Å². The maximum atomic E-state index is 12.8. The van der Waals surface area contributed by atoms with Crippen LogP contribution in [0.2, 0.25) is 5.02 Å². The molecule has 2 N–H and O–H groups in total. The van der Waals surface area contributed by atoms with Crippen LogP contribution in [0.3, 0.4) is 0 Å². The largest absolute Gasteiger partial charge is 0.369 e. The number of nitrogens with zero attached hydrogens (tertiary/aromatic N) is 4. The summed E-state index contributed by atoms with van der Waals surface area (Å²) in [6, 6.07) is 12.6. The number of hydrazone groups is 1. The normalized spacial score (nSPS) is 15.8. The molecule has 12 heteroatoms. The number of halogens is 1. The molecule has 0 fully saturated rings. The molecule has 1 atom stereocenters. The molecule has 3 aromatic rings. The van der Waals surface area contributed by atoms with Crippen molar-refractivity contribution in [1.29, 1.82) is 0 Å². The minimum atomic E-state index is -3.89. The molecule has 2 amide bonds. The van der Waals surface area contributed by atoms with Crippen molar-refractivity contribution in [3.63, 3.8) is 0 Å². The number of sulfonamides is 1. The van der Waals surface area contributed by atoms with Gasteiger partial charge in [-0.15, -0.1) is 0 Å². The predicted molar refractivity (Wildman–Crippen MR) is 122 cm³/mol. The smallest absolute Gasteiger partial charge is 0.281 e. The van der Waals surface area contributed by atoms with Crippen LogP contribution in [0.25, 0.3) is 0 Å². The highest BCUT2D eigenvalue weighted by Crippen LogP contribution is 2.21. The molecule has 0 saturated carbocycles. The topological polar surface area (TPSA) is 134 Å². The molecule has 0 bridgehead atoms. The third kappa shape index (κ3) is 4.83. The van der Waals surface area contributed by atoms with Crippen molar-refractivity contribution < 1.29 is 18.0 Å². The second-order valence-electron chi connectivity index (χ2n) is 6.98. The quantitative estimate of drug-likeness (QED) is 0.514. The van der Waals surface area contributed by atoms with Gasteiger partial charge in [0.1, 0.15) is 6.04 Å². The first-order valence-electron chi connectivity index (χ1n) is 9.60. The van der Waals surface area contributed by atoms with Gasteiger partial charge in [0.05, 0.1) is 10.6 Å². The number of hydrogen-bond acceptors (Lipinski definition) is 8. The van der Waals surface area contributed by atoms with Gasteiger partial charge in [0.25, 0.3) is 21.8 Å². The van der Waals surface area contributed by atoms with Crippen LogP contribution in [0.1, 0.15) is 17.3 Å². The van der Waals surface area contributed by atoms with E-state index in [0.717, 1.165) is 5.01 Å². The summed E-state index contributed by atoms with van der Waals surface area (Å²) in [5.41, 5.74) is 1.13. The Kier molecular flexibility index (Phi) is 6.07. The third-order valence-corrected chi connectivity index (χ3v) is 6.28. The fourth-order valence-electron chi connectivity index (χ4n) is 3.02. The Hall–Kier alpha value is -3.83. The van der Waals surface area contributed by atoms with Crippen molar-refractivity contribution in [3.8, 4) is 0 Å². The Labute approximate surface area is 194 Å². The summed E-state index contributed by atoms with van der Waals surface area (Å²) in [6.45, 7) is 1.62. The SMILES string of the molecule is CC1=NN(C(=O)c2ccc(Cl)cc2)C(=O)C1Nc1ccc(S(=O)(=O)Nc2ncccn2)cc1. The number of hydrogen-bond donors (Lipinski definition) is 2. The number of amides is 2. The summed E-state index contributed by atoms with van der Waals surface area (Å²) in [5.74, 6) is -1.17. The van der Waals surface area contributed by atoms with Gasteiger partial charge < -0.3 is 5.32 Å². The van der Waals surface area contributed by atoms with E-state index in [4.69, 9.17) is 11.6 Å². The zero-order valence-corrected chi connectivity index (χ0v) is 18.7. The summed E-state index contributed by atoms with van der Waals surface area (Å²) in [6.07, 6.45) is 2.84. The zero-order valence-electron chi connectivity index (χ0n) is 17.1. The zero-order chi connectivity index (χ0) is 23.6. The van der Waals surface area contributed by atoms with Gasteiger partial charge in [-0.1, -0.05) is 11.6 Å². The van der Waals surface area contributed by atoms with E-state index in [1.54, 1.807) is 25.1 Å². The van der Waals surface area contributed by atoms with E-state index in [0.29, 0.717) is 16.4 Å². The Morgan fingerprint density at radius 1 is 1.03 bits per heavy atom. The Balaban J connectivity index is 1.46. The van der Waals surface area contributed by atoms with Crippen LogP contribution in [0.4, 0.5) is 11.6 Å². The molecule has 1 aromatic heterocycles. The van der Waals surface area contributed by atoms with Gasteiger partial charge in [-0.3, -0.25) is 9.59 Å². The van der Waals surface area contributed by atoms with Crippen LogP contribution < -0.4 is 10.0 Å².